The quantitative estimate of drug-likeness (QED) is 0.622. The molecule has 18 heavy (non-hydrogen) atoms. The van der Waals surface area contributed by atoms with Crippen LogP contribution in [0.1, 0.15) is 19.4 Å². The van der Waals surface area contributed by atoms with Crippen LogP contribution >= 0.6 is 19.5 Å². The van der Waals surface area contributed by atoms with Gasteiger partial charge in [-0.15, -0.1) is 0 Å². The Bertz CT molecular complexity index is 362. The molecular formula is C11H19ClNO4P. The summed E-state index contributed by atoms with van der Waals surface area (Å²) < 4.78 is 29.1. The van der Waals surface area contributed by atoms with Gasteiger partial charge in [0.1, 0.15) is 0 Å². The number of hydrogen-bond acceptors (Lipinski definition) is 5. The van der Waals surface area contributed by atoms with Crippen LogP contribution in [0.4, 0.5) is 5.69 Å². The Balaban J connectivity index is 0.00000137. The number of anilines is 1. The van der Waals surface area contributed by atoms with Crippen molar-refractivity contribution in [3.05, 3.63) is 29.8 Å². The standard InChI is InChI=1S/C11H18NO3P.ClHO/c1-3-14-16(13,15-4-2)9-10-5-7-11(12)8-6-10;1-2/h5-8H,3-4,9,12H2,1-2H3;2H. The molecule has 104 valence electrons. The molecule has 0 unspecified atom stereocenters. The summed E-state index contributed by atoms with van der Waals surface area (Å²) >= 11 is 3.64. The van der Waals surface area contributed by atoms with Crippen molar-refractivity contribution in [2.24, 2.45) is 0 Å². The SMILES string of the molecule is CCOP(=O)(Cc1ccc(N)cc1)OCC.OCl. The molecule has 0 aliphatic rings. The summed E-state index contributed by atoms with van der Waals surface area (Å²) in [5.41, 5.74) is 7.16. The van der Waals surface area contributed by atoms with E-state index in [0.29, 0.717) is 18.9 Å². The summed E-state index contributed by atoms with van der Waals surface area (Å²) in [6, 6.07) is 7.22. The molecule has 1 aromatic rings. The molecule has 0 spiro atoms. The maximum atomic E-state index is 12.2. The molecule has 5 nitrogen and oxygen atoms in total. The van der Waals surface area contributed by atoms with Crippen LogP contribution in [0.25, 0.3) is 0 Å². The van der Waals surface area contributed by atoms with Gasteiger partial charge in [-0.05, 0) is 31.5 Å². The number of rotatable bonds is 6. The molecule has 7 heteroatoms. The highest BCUT2D eigenvalue weighted by molar-refractivity contribution is 7.53. The van der Waals surface area contributed by atoms with Crippen LogP contribution in [0.5, 0.6) is 0 Å². The van der Waals surface area contributed by atoms with E-state index in [1.165, 1.54) is 0 Å². The van der Waals surface area contributed by atoms with Crippen LogP contribution < -0.4 is 5.73 Å². The molecule has 0 aliphatic heterocycles. The van der Waals surface area contributed by atoms with Gasteiger partial charge in [0.15, 0.2) is 0 Å². The second-order valence-electron chi connectivity index (χ2n) is 3.35. The van der Waals surface area contributed by atoms with Gasteiger partial charge in [-0.25, -0.2) is 0 Å². The first kappa shape index (κ1) is 17.4. The molecule has 3 N–H and O–H groups in total. The summed E-state index contributed by atoms with van der Waals surface area (Å²) in [4.78, 5) is 0. The van der Waals surface area contributed by atoms with E-state index >= 15 is 0 Å². The summed E-state index contributed by atoms with van der Waals surface area (Å²) in [6.07, 6.45) is 0.287. The second kappa shape index (κ2) is 9.36. The minimum Gasteiger partial charge on any atom is -0.399 e. The van der Waals surface area contributed by atoms with E-state index < -0.39 is 7.60 Å². The maximum absolute atomic E-state index is 12.2. The van der Waals surface area contributed by atoms with Crippen LogP contribution in [0.2, 0.25) is 0 Å². The number of benzene rings is 1. The molecule has 0 amide bonds. The zero-order valence-electron chi connectivity index (χ0n) is 10.5. The van der Waals surface area contributed by atoms with Gasteiger partial charge in [-0.3, -0.25) is 9.22 Å². The predicted molar refractivity (Wildman–Crippen MR) is 73.5 cm³/mol. The van der Waals surface area contributed by atoms with E-state index in [1.54, 1.807) is 26.0 Å². The van der Waals surface area contributed by atoms with Crippen molar-refractivity contribution in [3.63, 3.8) is 0 Å². The Morgan fingerprint density at radius 3 is 2.00 bits per heavy atom. The van der Waals surface area contributed by atoms with Crippen LogP contribution in [0.15, 0.2) is 24.3 Å². The molecule has 0 heterocycles. The van der Waals surface area contributed by atoms with Gasteiger partial charge in [-0.1, -0.05) is 12.1 Å². The topological polar surface area (TPSA) is 81.8 Å². The lowest BCUT2D eigenvalue weighted by molar-refractivity contribution is 0.219. The lowest BCUT2D eigenvalue weighted by Gasteiger charge is -2.16. The first-order valence-corrected chi connectivity index (χ1v) is 7.55. The fraction of sp³-hybridized carbons (Fsp3) is 0.455. The maximum Gasteiger partial charge on any atom is 0.335 e. The first-order chi connectivity index (χ1) is 8.59. The summed E-state index contributed by atoms with van der Waals surface area (Å²) in [5.74, 6) is 0. The van der Waals surface area contributed by atoms with Gasteiger partial charge in [0.2, 0.25) is 0 Å². The number of nitrogen functional groups attached to an aromatic ring is 1. The molecule has 1 aromatic carbocycles. The van der Waals surface area contributed by atoms with Crippen LogP contribution in [0, 0.1) is 0 Å². The Hall–Kier alpha value is -0.580. The zero-order chi connectivity index (χ0) is 14.0. The third-order valence-corrected chi connectivity index (χ3v) is 4.06. The molecule has 0 radical (unpaired) electrons. The van der Waals surface area contributed by atoms with E-state index in [4.69, 9.17) is 19.4 Å². The highest BCUT2D eigenvalue weighted by Crippen LogP contribution is 2.51. The fourth-order valence-electron chi connectivity index (χ4n) is 1.37. The van der Waals surface area contributed by atoms with Gasteiger partial charge in [0, 0.05) is 5.69 Å². The van der Waals surface area contributed by atoms with E-state index in [9.17, 15) is 4.57 Å². The highest BCUT2D eigenvalue weighted by Gasteiger charge is 2.23. The normalized spacial score (nSPS) is 10.7. The largest absolute Gasteiger partial charge is 0.399 e. The molecule has 0 fully saturated rings. The molecular weight excluding hydrogens is 277 g/mol. The fourth-order valence-corrected chi connectivity index (χ4v) is 3.07. The molecule has 0 saturated carbocycles. The van der Waals surface area contributed by atoms with E-state index in [2.05, 4.69) is 11.9 Å². The predicted octanol–water partition coefficient (Wildman–Crippen LogP) is 3.17. The number of halogens is 1. The van der Waals surface area contributed by atoms with E-state index in [-0.39, 0.29) is 6.16 Å². The Kier molecular flexibility index (Phi) is 9.06. The molecule has 0 aromatic heterocycles. The van der Waals surface area contributed by atoms with Crippen molar-refractivity contribution >= 4 is 25.1 Å². The minimum atomic E-state index is -3.00. The molecule has 0 atom stereocenters. The van der Waals surface area contributed by atoms with Crippen molar-refractivity contribution in [3.8, 4) is 0 Å². The second-order valence-corrected chi connectivity index (χ2v) is 5.40. The van der Waals surface area contributed by atoms with E-state index in [1.807, 2.05) is 12.1 Å². The van der Waals surface area contributed by atoms with Crippen LogP contribution in [-0.2, 0) is 19.8 Å². The lowest BCUT2D eigenvalue weighted by atomic mass is 10.2. The smallest absolute Gasteiger partial charge is 0.335 e. The van der Waals surface area contributed by atoms with Gasteiger partial charge in [0.05, 0.1) is 31.2 Å². The van der Waals surface area contributed by atoms with Gasteiger partial charge < -0.3 is 14.8 Å². The van der Waals surface area contributed by atoms with Crippen molar-refractivity contribution < 1.29 is 18.3 Å². The molecule has 0 bridgehead atoms. The minimum absolute atomic E-state index is 0.287. The van der Waals surface area contributed by atoms with E-state index in [0.717, 1.165) is 5.56 Å². The molecule has 1 rings (SSSR count). The average Bonchev–Trinajstić information content (AvgIpc) is 2.35. The van der Waals surface area contributed by atoms with Crippen molar-refractivity contribution in [2.45, 2.75) is 20.0 Å². The van der Waals surface area contributed by atoms with Crippen molar-refractivity contribution in [1.29, 1.82) is 0 Å². The molecule has 0 saturated heterocycles. The Morgan fingerprint density at radius 2 is 1.61 bits per heavy atom. The Labute approximate surface area is 113 Å². The summed E-state index contributed by atoms with van der Waals surface area (Å²) in [6.45, 7) is 4.36. The Morgan fingerprint density at radius 1 is 1.17 bits per heavy atom. The number of hydrogen-bond donors (Lipinski definition) is 2. The summed E-state index contributed by atoms with van der Waals surface area (Å²) in [7, 11) is -3.00. The van der Waals surface area contributed by atoms with Gasteiger partial charge in [0.25, 0.3) is 0 Å². The van der Waals surface area contributed by atoms with Crippen molar-refractivity contribution in [2.75, 3.05) is 18.9 Å². The zero-order valence-corrected chi connectivity index (χ0v) is 12.2. The highest BCUT2D eigenvalue weighted by atomic mass is 35.5. The van der Waals surface area contributed by atoms with Gasteiger partial charge in [-0.2, -0.15) is 0 Å². The number of nitrogens with two attached hydrogens (primary N) is 1. The summed E-state index contributed by atoms with van der Waals surface area (Å²) in [5, 5.41) is 0. The monoisotopic (exact) mass is 295 g/mol. The first-order valence-electron chi connectivity index (χ1n) is 5.49. The third-order valence-electron chi connectivity index (χ3n) is 2.01. The van der Waals surface area contributed by atoms with Crippen LogP contribution in [-0.4, -0.2) is 17.9 Å². The average molecular weight is 296 g/mol. The van der Waals surface area contributed by atoms with Crippen LogP contribution in [0.3, 0.4) is 0 Å². The van der Waals surface area contributed by atoms with Crippen molar-refractivity contribution in [1.82, 2.24) is 0 Å². The van der Waals surface area contributed by atoms with Gasteiger partial charge >= 0.3 is 7.60 Å². The lowest BCUT2D eigenvalue weighted by Crippen LogP contribution is -1.99. The molecule has 0 aliphatic carbocycles. The third kappa shape index (κ3) is 6.38.